The summed E-state index contributed by atoms with van der Waals surface area (Å²) in [5.41, 5.74) is 3.07. The van der Waals surface area contributed by atoms with Gasteiger partial charge < -0.3 is 14.4 Å². The average Bonchev–Trinajstić information content (AvgIpc) is 3.54. The smallest absolute Gasteiger partial charge is 0.268 e. The zero-order chi connectivity index (χ0) is 29.1. The summed E-state index contributed by atoms with van der Waals surface area (Å²) in [5, 5.41) is 4.45. The first-order valence-corrected chi connectivity index (χ1v) is 14.6. The van der Waals surface area contributed by atoms with Crippen LogP contribution < -0.4 is 0 Å². The number of aldehydes is 1. The van der Waals surface area contributed by atoms with Crippen molar-refractivity contribution in [1.82, 2.24) is 18.7 Å². The maximum absolute atomic E-state index is 14.9. The van der Waals surface area contributed by atoms with Gasteiger partial charge in [-0.25, -0.2) is 21.2 Å². The highest BCUT2D eigenvalue weighted by atomic mass is 32.2. The zero-order valence-corrected chi connectivity index (χ0v) is 23.5. The van der Waals surface area contributed by atoms with Crippen molar-refractivity contribution in [1.29, 1.82) is 0 Å². The van der Waals surface area contributed by atoms with E-state index in [4.69, 9.17) is 4.74 Å². The summed E-state index contributed by atoms with van der Waals surface area (Å²) in [7, 11) is -2.57. The van der Waals surface area contributed by atoms with E-state index in [2.05, 4.69) is 5.10 Å². The number of fused-ring (bicyclic) bond motifs is 1. The highest BCUT2D eigenvalue weighted by Gasteiger charge is 2.38. The molecule has 0 spiro atoms. The molecule has 1 fully saturated rings. The molecular formula is C30H28F2N4O4S. The minimum Gasteiger partial charge on any atom is -0.377 e. The second kappa shape index (κ2) is 10.1. The number of benzene rings is 2. The lowest BCUT2D eigenvalue weighted by Gasteiger charge is -2.32. The third kappa shape index (κ3) is 4.40. The summed E-state index contributed by atoms with van der Waals surface area (Å²) in [5.74, 6) is -2.61. The summed E-state index contributed by atoms with van der Waals surface area (Å²) < 4.78 is 66.1. The molecule has 0 amide bonds. The van der Waals surface area contributed by atoms with Crippen LogP contribution in [0.1, 0.15) is 47.3 Å². The van der Waals surface area contributed by atoms with Crippen LogP contribution in [0.3, 0.4) is 0 Å². The molecule has 2 atom stereocenters. The van der Waals surface area contributed by atoms with Crippen LogP contribution in [0.4, 0.5) is 8.78 Å². The van der Waals surface area contributed by atoms with E-state index in [1.54, 1.807) is 60.3 Å². The Bertz CT molecular complexity index is 1790. The summed E-state index contributed by atoms with van der Waals surface area (Å²) >= 11 is 0. The summed E-state index contributed by atoms with van der Waals surface area (Å²) in [6, 6.07) is 11.2. The van der Waals surface area contributed by atoms with E-state index in [1.165, 1.54) is 28.2 Å². The van der Waals surface area contributed by atoms with Crippen LogP contribution in [0.2, 0.25) is 0 Å². The lowest BCUT2D eigenvalue weighted by molar-refractivity contribution is -0.111. The van der Waals surface area contributed by atoms with E-state index in [-0.39, 0.29) is 22.2 Å². The Kier molecular flexibility index (Phi) is 6.66. The van der Waals surface area contributed by atoms with E-state index in [0.717, 1.165) is 11.6 Å². The third-order valence-corrected chi connectivity index (χ3v) is 9.60. The summed E-state index contributed by atoms with van der Waals surface area (Å²) in [6.07, 6.45) is 5.71. The molecule has 6 rings (SSSR count). The Morgan fingerprint density at radius 2 is 1.85 bits per heavy atom. The van der Waals surface area contributed by atoms with Crippen molar-refractivity contribution in [3.63, 3.8) is 0 Å². The number of carbonyl (C=O) groups excluding carboxylic acids is 1. The summed E-state index contributed by atoms with van der Waals surface area (Å²) in [4.78, 5) is 14.2. The average molecular weight is 579 g/mol. The van der Waals surface area contributed by atoms with Gasteiger partial charge >= 0.3 is 0 Å². The van der Waals surface area contributed by atoms with Crippen molar-refractivity contribution >= 4 is 21.9 Å². The fourth-order valence-corrected chi connectivity index (χ4v) is 7.00. The number of rotatable bonds is 7. The number of aryl methyl sites for hydroxylation is 1. The number of hydrogen-bond acceptors (Lipinski definition) is 6. The van der Waals surface area contributed by atoms with Crippen molar-refractivity contribution in [2.24, 2.45) is 0 Å². The topological polar surface area (TPSA) is 86.4 Å². The highest BCUT2D eigenvalue weighted by Crippen LogP contribution is 2.45. The van der Waals surface area contributed by atoms with Gasteiger partial charge in [0.2, 0.25) is 0 Å². The van der Waals surface area contributed by atoms with Gasteiger partial charge in [-0.2, -0.15) is 5.10 Å². The molecule has 2 aromatic carbocycles. The molecule has 0 bridgehead atoms. The monoisotopic (exact) mass is 578 g/mol. The molecule has 2 aliphatic heterocycles. The van der Waals surface area contributed by atoms with Crippen molar-refractivity contribution < 1.29 is 26.7 Å². The number of aromatic nitrogens is 3. The number of nitrogens with zero attached hydrogens (tertiary/aromatic N) is 4. The van der Waals surface area contributed by atoms with E-state index in [0.29, 0.717) is 41.9 Å². The van der Waals surface area contributed by atoms with E-state index < -0.39 is 33.6 Å². The second-order valence-electron chi connectivity index (χ2n) is 10.5. The van der Waals surface area contributed by atoms with Gasteiger partial charge in [0.05, 0.1) is 41.7 Å². The molecular weight excluding hydrogens is 550 g/mol. The molecule has 2 unspecified atom stereocenters. The molecule has 41 heavy (non-hydrogen) atoms. The number of halogens is 2. The van der Waals surface area contributed by atoms with E-state index in [9.17, 15) is 22.0 Å². The van der Waals surface area contributed by atoms with E-state index >= 15 is 0 Å². The van der Waals surface area contributed by atoms with Crippen molar-refractivity contribution in [2.45, 2.75) is 36.7 Å². The minimum atomic E-state index is -4.22. The lowest BCUT2D eigenvalue weighted by atomic mass is 9.85. The lowest BCUT2D eigenvalue weighted by Crippen LogP contribution is -2.31. The summed E-state index contributed by atoms with van der Waals surface area (Å²) in [6.45, 7) is 4.59. The molecule has 0 aliphatic carbocycles. The van der Waals surface area contributed by atoms with Crippen LogP contribution in [0, 0.1) is 18.6 Å². The quantitative estimate of drug-likeness (QED) is 0.285. The molecule has 2 aliphatic rings. The Morgan fingerprint density at radius 3 is 2.51 bits per heavy atom. The maximum Gasteiger partial charge on any atom is 0.268 e. The van der Waals surface area contributed by atoms with Gasteiger partial charge in [-0.1, -0.05) is 36.8 Å². The number of carbonyl (C=O) groups is 1. The normalized spacial score (nSPS) is 18.0. The maximum atomic E-state index is 14.9. The fourth-order valence-electron chi connectivity index (χ4n) is 5.43. The van der Waals surface area contributed by atoms with Gasteiger partial charge in [-0.15, -0.1) is 0 Å². The van der Waals surface area contributed by atoms with Crippen LogP contribution in [-0.2, 0) is 19.6 Å². The number of allylic oxidation sites excluding steroid dienone is 1. The Morgan fingerprint density at radius 1 is 1.12 bits per heavy atom. The van der Waals surface area contributed by atoms with Crippen LogP contribution >= 0.6 is 0 Å². The minimum absolute atomic E-state index is 0.0378. The number of hydrogen-bond donors (Lipinski definition) is 0. The van der Waals surface area contributed by atoms with Crippen molar-refractivity contribution in [3.05, 3.63) is 101 Å². The second-order valence-corrected chi connectivity index (χ2v) is 12.3. The molecule has 4 heterocycles. The Hall–Kier alpha value is -4.09. The van der Waals surface area contributed by atoms with Gasteiger partial charge in [0, 0.05) is 36.5 Å². The van der Waals surface area contributed by atoms with E-state index in [1.807, 2.05) is 6.92 Å². The molecule has 1 saturated heterocycles. The Labute approximate surface area is 236 Å². The molecule has 8 nitrogen and oxygen atoms in total. The van der Waals surface area contributed by atoms with Gasteiger partial charge in [-0.05, 0) is 42.3 Å². The Balaban J connectivity index is 1.61. The number of ether oxygens (including phenoxy) is 1. The third-order valence-electron chi connectivity index (χ3n) is 7.86. The molecule has 4 aromatic rings. The standard InChI is InChI=1S/C30H28F2N4O4S/c1-18-7-9-22(10-8-18)41(38,39)36-27(20-12-33-35(13-20)21-16-40-17-21)11-24-25(14-34(3)28(15-37)30(24)36)19(2)23-5-4-6-26(31)29(23)32/h4-15,19,21,28H,16-17H2,1-3H3. The fraction of sp³-hybridized carbons (Fsp3) is 0.267. The predicted molar refractivity (Wildman–Crippen MR) is 149 cm³/mol. The molecule has 0 saturated carbocycles. The SMILES string of the molecule is Cc1ccc(S(=O)(=O)n2c(-c3cnn(C4COC4)c3)cc3c2C(C=O)N(C)C=C3C(C)c2cccc(F)c2F)cc1. The predicted octanol–water partition coefficient (Wildman–Crippen LogP) is 5.08. The van der Waals surface area contributed by atoms with Gasteiger partial charge in [0.25, 0.3) is 10.0 Å². The highest BCUT2D eigenvalue weighted by molar-refractivity contribution is 7.90. The molecule has 11 heteroatoms. The van der Waals surface area contributed by atoms with Crippen molar-refractivity contribution in [2.75, 3.05) is 20.3 Å². The number of likely N-dealkylation sites (N-methyl/N-ethyl adjacent to an activating group) is 1. The molecule has 212 valence electrons. The first kappa shape index (κ1) is 27.1. The van der Waals surface area contributed by atoms with Crippen LogP contribution in [0.15, 0.2) is 72.0 Å². The molecule has 0 N–H and O–H groups in total. The first-order valence-electron chi connectivity index (χ1n) is 13.1. The van der Waals surface area contributed by atoms with Crippen LogP contribution in [-0.4, -0.2) is 53.6 Å². The van der Waals surface area contributed by atoms with Crippen molar-refractivity contribution in [3.8, 4) is 11.3 Å². The largest absolute Gasteiger partial charge is 0.377 e. The molecule has 0 radical (unpaired) electrons. The molecule has 2 aromatic heterocycles. The van der Waals surface area contributed by atoms with Gasteiger partial charge in [0.15, 0.2) is 11.6 Å². The van der Waals surface area contributed by atoms with Crippen LogP contribution in [0.25, 0.3) is 16.8 Å². The van der Waals surface area contributed by atoms with Crippen LogP contribution in [0.5, 0.6) is 0 Å². The van der Waals surface area contributed by atoms with Gasteiger partial charge in [0.1, 0.15) is 12.3 Å². The zero-order valence-electron chi connectivity index (χ0n) is 22.7. The first-order chi connectivity index (χ1) is 19.6. The van der Waals surface area contributed by atoms with Gasteiger partial charge in [-0.3, -0.25) is 4.68 Å².